The Balaban J connectivity index is 2.45. The van der Waals surface area contributed by atoms with E-state index in [9.17, 15) is 9.59 Å². The van der Waals surface area contributed by atoms with Gasteiger partial charge in [-0.1, -0.05) is 6.92 Å². The number of aryl methyl sites for hydroxylation is 2. The summed E-state index contributed by atoms with van der Waals surface area (Å²) >= 11 is 0. The predicted octanol–water partition coefficient (Wildman–Crippen LogP) is 0.571. The number of hydrogen-bond donors (Lipinski definition) is 3. The average molecular weight is 240 g/mol. The summed E-state index contributed by atoms with van der Waals surface area (Å²) in [6.07, 6.45) is 1.68. The normalized spacial score (nSPS) is 11.9. The Kier molecular flexibility index (Phi) is 4.08. The van der Waals surface area contributed by atoms with Crippen molar-refractivity contribution in [1.82, 2.24) is 15.1 Å². The maximum atomic E-state index is 11.4. The fraction of sp³-hybridized carbons (Fsp3) is 0.500. The Morgan fingerprint density at radius 2 is 2.24 bits per heavy atom. The summed E-state index contributed by atoms with van der Waals surface area (Å²) in [5.74, 6) is -1.56. The van der Waals surface area contributed by atoms with Crippen LogP contribution in [0.25, 0.3) is 0 Å². The summed E-state index contributed by atoms with van der Waals surface area (Å²) in [4.78, 5) is 22.0. The second kappa shape index (κ2) is 5.33. The Morgan fingerprint density at radius 3 is 2.71 bits per heavy atom. The summed E-state index contributed by atoms with van der Waals surface area (Å²) in [5, 5.41) is 17.8. The smallest absolute Gasteiger partial charge is 0.319 e. The molecule has 7 heteroatoms. The maximum Gasteiger partial charge on any atom is 0.319 e. The lowest BCUT2D eigenvalue weighted by atomic mass is 10.2. The molecular formula is C10H16N4O3. The minimum atomic E-state index is -0.942. The molecule has 2 amide bonds. The predicted molar refractivity (Wildman–Crippen MR) is 61.8 cm³/mol. The van der Waals surface area contributed by atoms with Crippen LogP contribution in [-0.4, -0.2) is 33.4 Å². The van der Waals surface area contributed by atoms with Crippen LogP contribution >= 0.6 is 0 Å². The second-order valence-electron chi connectivity index (χ2n) is 3.88. The molecule has 1 atom stereocenters. The molecule has 17 heavy (non-hydrogen) atoms. The quantitative estimate of drug-likeness (QED) is 0.716. The van der Waals surface area contributed by atoms with Gasteiger partial charge in [-0.3, -0.25) is 9.48 Å². The first-order chi connectivity index (χ1) is 7.90. The number of carboxylic acids is 1. The minimum absolute atomic E-state index is 0.0838. The fourth-order valence-electron chi connectivity index (χ4n) is 1.22. The van der Waals surface area contributed by atoms with Gasteiger partial charge in [-0.2, -0.15) is 5.10 Å². The molecule has 1 aromatic heterocycles. The zero-order valence-electron chi connectivity index (χ0n) is 10.0. The van der Waals surface area contributed by atoms with Crippen LogP contribution < -0.4 is 10.6 Å². The first kappa shape index (κ1) is 13.0. The highest BCUT2D eigenvalue weighted by molar-refractivity contribution is 5.89. The third-order valence-electron chi connectivity index (χ3n) is 2.25. The number of nitrogens with zero attached hydrogens (tertiary/aromatic N) is 2. The lowest BCUT2D eigenvalue weighted by Crippen LogP contribution is -2.34. The van der Waals surface area contributed by atoms with Gasteiger partial charge in [0.25, 0.3) is 0 Å². The molecule has 0 bridgehead atoms. The van der Waals surface area contributed by atoms with Crippen LogP contribution in [0, 0.1) is 12.8 Å². The lowest BCUT2D eigenvalue weighted by Gasteiger charge is -2.09. The molecule has 94 valence electrons. The Hall–Kier alpha value is -2.05. The van der Waals surface area contributed by atoms with Gasteiger partial charge in [-0.15, -0.1) is 0 Å². The summed E-state index contributed by atoms with van der Waals surface area (Å²) in [7, 11) is 1.75. The summed E-state index contributed by atoms with van der Waals surface area (Å²) in [6, 6.07) is -0.436. The van der Waals surface area contributed by atoms with Gasteiger partial charge in [-0.05, 0) is 6.92 Å². The van der Waals surface area contributed by atoms with E-state index in [-0.39, 0.29) is 6.54 Å². The molecule has 0 aliphatic heterocycles. The summed E-state index contributed by atoms with van der Waals surface area (Å²) < 4.78 is 1.59. The number of carboxylic acid groups (broad SMARTS) is 1. The number of hydrogen-bond acceptors (Lipinski definition) is 3. The molecule has 3 N–H and O–H groups in total. The molecular weight excluding hydrogens is 224 g/mol. The fourth-order valence-corrected chi connectivity index (χ4v) is 1.22. The zero-order chi connectivity index (χ0) is 13.0. The standard InChI is InChI=1S/C10H16N4O3/c1-6(9(15)16)4-11-10(17)12-8-5-14(3)13-7(8)2/h5-6H,4H2,1-3H3,(H,15,16)(H2,11,12,17). The van der Waals surface area contributed by atoms with Crippen molar-refractivity contribution in [1.29, 1.82) is 0 Å². The van der Waals surface area contributed by atoms with E-state index in [1.165, 1.54) is 6.92 Å². The van der Waals surface area contributed by atoms with Gasteiger partial charge in [0.2, 0.25) is 0 Å². The van der Waals surface area contributed by atoms with Gasteiger partial charge < -0.3 is 15.7 Å². The Bertz CT molecular complexity index is 427. The van der Waals surface area contributed by atoms with Crippen molar-refractivity contribution < 1.29 is 14.7 Å². The van der Waals surface area contributed by atoms with Crippen molar-refractivity contribution >= 4 is 17.7 Å². The molecule has 7 nitrogen and oxygen atoms in total. The number of carbonyl (C=O) groups excluding carboxylic acids is 1. The first-order valence-electron chi connectivity index (χ1n) is 5.18. The maximum absolute atomic E-state index is 11.4. The molecule has 0 radical (unpaired) electrons. The molecule has 1 unspecified atom stereocenters. The number of aromatic nitrogens is 2. The second-order valence-corrected chi connectivity index (χ2v) is 3.88. The zero-order valence-corrected chi connectivity index (χ0v) is 10.0. The van der Waals surface area contributed by atoms with E-state index in [1.807, 2.05) is 0 Å². The molecule has 1 heterocycles. The van der Waals surface area contributed by atoms with Gasteiger partial charge in [0.1, 0.15) is 0 Å². The van der Waals surface area contributed by atoms with Gasteiger partial charge in [0.05, 0.1) is 17.3 Å². The van der Waals surface area contributed by atoms with Crippen LogP contribution in [-0.2, 0) is 11.8 Å². The summed E-state index contributed by atoms with van der Waals surface area (Å²) in [5.41, 5.74) is 1.31. The van der Waals surface area contributed by atoms with Gasteiger partial charge >= 0.3 is 12.0 Å². The van der Waals surface area contributed by atoms with E-state index in [0.717, 1.165) is 0 Å². The van der Waals surface area contributed by atoms with Crippen LogP contribution in [0.1, 0.15) is 12.6 Å². The topological polar surface area (TPSA) is 96.3 Å². The largest absolute Gasteiger partial charge is 0.481 e. The van der Waals surface area contributed by atoms with E-state index in [2.05, 4.69) is 15.7 Å². The highest BCUT2D eigenvalue weighted by Gasteiger charge is 2.13. The van der Waals surface area contributed by atoms with Crippen molar-refractivity contribution in [3.05, 3.63) is 11.9 Å². The van der Waals surface area contributed by atoms with Crippen molar-refractivity contribution in [2.75, 3.05) is 11.9 Å². The monoisotopic (exact) mass is 240 g/mol. The molecule has 1 rings (SSSR count). The van der Waals surface area contributed by atoms with E-state index in [0.29, 0.717) is 11.4 Å². The van der Waals surface area contributed by atoms with Crippen LogP contribution in [0.4, 0.5) is 10.5 Å². The summed E-state index contributed by atoms with van der Waals surface area (Å²) in [6.45, 7) is 3.38. The number of aliphatic carboxylic acids is 1. The van der Waals surface area contributed by atoms with Crippen LogP contribution in [0.5, 0.6) is 0 Å². The molecule has 1 aromatic rings. The van der Waals surface area contributed by atoms with Gasteiger partial charge in [0.15, 0.2) is 0 Å². The van der Waals surface area contributed by atoms with E-state index >= 15 is 0 Å². The number of amides is 2. The highest BCUT2D eigenvalue weighted by atomic mass is 16.4. The minimum Gasteiger partial charge on any atom is -0.481 e. The molecule has 0 saturated carbocycles. The van der Waals surface area contributed by atoms with E-state index < -0.39 is 17.9 Å². The molecule has 0 spiro atoms. The highest BCUT2D eigenvalue weighted by Crippen LogP contribution is 2.10. The molecule has 0 aliphatic rings. The first-order valence-corrected chi connectivity index (χ1v) is 5.18. The van der Waals surface area contributed by atoms with Crippen LogP contribution in [0.15, 0.2) is 6.20 Å². The van der Waals surface area contributed by atoms with E-state index in [1.54, 1.807) is 24.9 Å². The SMILES string of the molecule is Cc1nn(C)cc1NC(=O)NCC(C)C(=O)O. The number of urea groups is 1. The van der Waals surface area contributed by atoms with Crippen LogP contribution in [0.2, 0.25) is 0 Å². The molecule has 0 aliphatic carbocycles. The van der Waals surface area contributed by atoms with Gasteiger partial charge in [0, 0.05) is 19.8 Å². The molecule has 0 aromatic carbocycles. The van der Waals surface area contributed by atoms with Crippen molar-refractivity contribution in [2.24, 2.45) is 13.0 Å². The lowest BCUT2D eigenvalue weighted by molar-refractivity contribution is -0.140. The number of anilines is 1. The number of rotatable bonds is 4. The number of carbonyl (C=O) groups is 2. The molecule has 0 saturated heterocycles. The van der Waals surface area contributed by atoms with Gasteiger partial charge in [-0.25, -0.2) is 4.79 Å². The Labute approximate surface area is 98.8 Å². The third-order valence-corrected chi connectivity index (χ3v) is 2.25. The van der Waals surface area contributed by atoms with E-state index in [4.69, 9.17) is 5.11 Å². The van der Waals surface area contributed by atoms with Crippen molar-refractivity contribution in [3.63, 3.8) is 0 Å². The third kappa shape index (κ3) is 3.78. The molecule has 0 fully saturated rings. The number of nitrogens with one attached hydrogen (secondary N) is 2. The Morgan fingerprint density at radius 1 is 1.59 bits per heavy atom. The van der Waals surface area contributed by atoms with Crippen LogP contribution in [0.3, 0.4) is 0 Å². The van der Waals surface area contributed by atoms with Crippen molar-refractivity contribution in [3.8, 4) is 0 Å². The average Bonchev–Trinajstić information content (AvgIpc) is 2.53. The van der Waals surface area contributed by atoms with Crippen molar-refractivity contribution in [2.45, 2.75) is 13.8 Å².